The highest BCUT2D eigenvalue weighted by Gasteiger charge is 2.31. The van der Waals surface area contributed by atoms with Gasteiger partial charge < -0.3 is 30.2 Å². The number of anilines is 2. The van der Waals surface area contributed by atoms with Crippen molar-refractivity contribution in [2.24, 2.45) is 5.92 Å². The Balaban J connectivity index is 0.990. The third kappa shape index (κ3) is 8.75. The first-order valence-electron chi connectivity index (χ1n) is 20.4. The second-order valence-electron chi connectivity index (χ2n) is 16.6. The Morgan fingerprint density at radius 1 is 0.875 bits per heavy atom. The number of halogens is 2. The van der Waals surface area contributed by atoms with Crippen molar-refractivity contribution in [3.05, 3.63) is 147 Å². The number of phenols is 1. The number of benzene rings is 5. The molecular weight excluding hydrogens is 827 g/mol. The van der Waals surface area contributed by atoms with Gasteiger partial charge in [-0.05, 0) is 72.5 Å². The molecule has 8 rings (SSSR count). The van der Waals surface area contributed by atoms with Crippen molar-refractivity contribution in [3.8, 4) is 33.9 Å². The van der Waals surface area contributed by atoms with E-state index in [2.05, 4.69) is 16.0 Å². The standard InChI is InChI=1S/C48H42F2N6O8/c1-48(2,3)41-23-42(53-47(63)52-29-11-5-4-6-12-29)56(54-41)30-13-7-9-26(17-30)24-51-44(59)28-10-8-16-55(25-28)45(60)27-14-15-31(32(18-27)46(61)62)43-33-19-35(49)37(57)21-39(33)64-40-22-38(58)36(50)20-34(40)43/h4-7,9,11-15,17-23,28,57H,8,10,16,24-25H2,1-3H3,(H,51,59)(H,61,62)(H2,52,53,63). The molecule has 64 heavy (non-hydrogen) atoms. The zero-order valence-electron chi connectivity index (χ0n) is 34.9. The lowest BCUT2D eigenvalue weighted by Crippen LogP contribution is -2.45. The molecule has 14 nitrogen and oxygen atoms in total. The van der Waals surface area contributed by atoms with Crippen molar-refractivity contribution in [1.82, 2.24) is 20.0 Å². The van der Waals surface area contributed by atoms with Crippen LogP contribution in [0.2, 0.25) is 0 Å². The summed E-state index contributed by atoms with van der Waals surface area (Å²) in [5.74, 6) is -5.48. The van der Waals surface area contributed by atoms with Crippen molar-refractivity contribution in [2.45, 2.75) is 45.6 Å². The van der Waals surface area contributed by atoms with E-state index in [0.29, 0.717) is 36.6 Å². The minimum atomic E-state index is -1.45. The number of carboxylic acids is 1. The molecule has 2 aliphatic heterocycles. The maximum atomic E-state index is 14.7. The fourth-order valence-corrected chi connectivity index (χ4v) is 7.79. The zero-order valence-corrected chi connectivity index (χ0v) is 34.9. The zero-order chi connectivity index (χ0) is 45.4. The van der Waals surface area contributed by atoms with E-state index in [4.69, 9.17) is 9.52 Å². The number of amides is 4. The smallest absolute Gasteiger partial charge is 0.336 e. The Bertz CT molecular complexity index is 3010. The van der Waals surface area contributed by atoms with Gasteiger partial charge in [0.05, 0.1) is 22.9 Å². The summed E-state index contributed by atoms with van der Waals surface area (Å²) in [6, 6.07) is 25.3. The molecule has 1 fully saturated rings. The molecule has 5 aromatic rings. The van der Waals surface area contributed by atoms with Crippen LogP contribution in [0.5, 0.6) is 5.75 Å². The molecule has 1 unspecified atom stereocenters. The van der Waals surface area contributed by atoms with Gasteiger partial charge >= 0.3 is 12.0 Å². The number of carboxylic acid groups (broad SMARTS) is 1. The summed E-state index contributed by atoms with van der Waals surface area (Å²) in [5, 5.41) is 33.9. The summed E-state index contributed by atoms with van der Waals surface area (Å²) in [4.78, 5) is 67.1. The summed E-state index contributed by atoms with van der Waals surface area (Å²) >= 11 is 0. The lowest BCUT2D eigenvalue weighted by Gasteiger charge is -2.32. The second-order valence-corrected chi connectivity index (χ2v) is 16.6. The third-order valence-corrected chi connectivity index (χ3v) is 11.1. The molecule has 5 N–H and O–H groups in total. The Morgan fingerprint density at radius 2 is 1.66 bits per heavy atom. The minimum Gasteiger partial charge on any atom is -0.505 e. The van der Waals surface area contributed by atoms with Crippen molar-refractivity contribution < 1.29 is 42.6 Å². The van der Waals surface area contributed by atoms with Gasteiger partial charge in [-0.25, -0.2) is 23.1 Å². The van der Waals surface area contributed by atoms with Crippen LogP contribution in [-0.4, -0.2) is 61.8 Å². The lowest BCUT2D eigenvalue weighted by atomic mass is 9.89. The highest BCUT2D eigenvalue weighted by molar-refractivity contribution is 6.09. The first-order chi connectivity index (χ1) is 30.5. The monoisotopic (exact) mass is 868 g/mol. The van der Waals surface area contributed by atoms with E-state index >= 15 is 0 Å². The Morgan fingerprint density at radius 3 is 2.41 bits per heavy atom. The molecule has 4 aromatic carbocycles. The quantitative estimate of drug-likeness (QED) is 0.0884. The van der Waals surface area contributed by atoms with E-state index in [0.717, 1.165) is 41.6 Å². The molecule has 0 bridgehead atoms. The maximum Gasteiger partial charge on any atom is 0.336 e. The SMILES string of the molecule is CC(C)(C)c1cc(NC(=O)Nc2ccccc2)n(-c2cccc(CNC(=O)C3CCCN(C(=O)c4ccc(-c5c6cc(F)c(=O)cc-6oc6cc(O)c(F)cc56)c(C(=O)O)c4)C3)c2)n1. The molecule has 1 saturated heterocycles. The van der Waals surface area contributed by atoms with Crippen LogP contribution in [0.3, 0.4) is 0 Å². The van der Waals surface area contributed by atoms with Crippen molar-refractivity contribution >= 4 is 46.3 Å². The predicted molar refractivity (Wildman–Crippen MR) is 235 cm³/mol. The Hall–Kier alpha value is -7.88. The molecule has 16 heteroatoms. The normalized spacial score (nSPS) is 14.1. The van der Waals surface area contributed by atoms with E-state index in [1.54, 1.807) is 16.8 Å². The number of aromatic hydroxyl groups is 1. The number of phenolic OH excluding ortho intramolecular Hbond substituents is 1. The highest BCUT2D eigenvalue weighted by Crippen LogP contribution is 2.43. The average Bonchev–Trinajstić information content (AvgIpc) is 3.70. The summed E-state index contributed by atoms with van der Waals surface area (Å²) in [6.07, 6.45) is 1.01. The fourth-order valence-electron chi connectivity index (χ4n) is 7.79. The second kappa shape index (κ2) is 17.1. The molecule has 1 aliphatic carbocycles. The Labute approximate surface area is 364 Å². The number of nitrogens with zero attached hydrogens (tertiary/aromatic N) is 3. The molecule has 0 saturated carbocycles. The summed E-state index contributed by atoms with van der Waals surface area (Å²) < 4.78 is 36.8. The lowest BCUT2D eigenvalue weighted by molar-refractivity contribution is -0.126. The van der Waals surface area contributed by atoms with E-state index in [9.17, 15) is 43.0 Å². The first-order valence-corrected chi connectivity index (χ1v) is 20.4. The fraction of sp³-hybridized carbons (Fsp3) is 0.208. The number of urea groups is 1. The van der Waals surface area contributed by atoms with Crippen LogP contribution >= 0.6 is 0 Å². The van der Waals surface area contributed by atoms with Crippen LogP contribution in [0.4, 0.5) is 25.1 Å². The molecule has 4 amide bonds. The number of aromatic nitrogens is 2. The largest absolute Gasteiger partial charge is 0.505 e. The van der Waals surface area contributed by atoms with Crippen LogP contribution in [0.25, 0.3) is 39.1 Å². The number of carbonyl (C=O) groups excluding carboxylic acids is 3. The molecular formula is C48H42F2N6O8. The number of fused-ring (bicyclic) bond motifs is 2. The van der Waals surface area contributed by atoms with Gasteiger partial charge in [0.15, 0.2) is 17.4 Å². The third-order valence-electron chi connectivity index (χ3n) is 11.1. The van der Waals surface area contributed by atoms with Gasteiger partial charge in [-0.1, -0.05) is 57.2 Å². The van der Waals surface area contributed by atoms with E-state index in [1.807, 2.05) is 69.3 Å². The minimum absolute atomic E-state index is 0.00440. The molecule has 326 valence electrons. The van der Waals surface area contributed by atoms with Crippen LogP contribution in [0, 0.1) is 17.6 Å². The molecule has 0 spiro atoms. The van der Waals surface area contributed by atoms with Gasteiger partial charge in [0.1, 0.15) is 17.2 Å². The van der Waals surface area contributed by atoms with Crippen LogP contribution < -0.4 is 21.4 Å². The first kappa shape index (κ1) is 42.8. The number of carbonyl (C=O) groups is 4. The average molecular weight is 869 g/mol. The number of hydrogen-bond donors (Lipinski definition) is 5. The van der Waals surface area contributed by atoms with Gasteiger partial charge in [0, 0.05) is 71.0 Å². The predicted octanol–water partition coefficient (Wildman–Crippen LogP) is 8.54. The molecule has 0 radical (unpaired) electrons. The van der Waals surface area contributed by atoms with Gasteiger partial charge in [0.2, 0.25) is 11.3 Å². The van der Waals surface area contributed by atoms with Gasteiger partial charge in [-0.3, -0.25) is 19.7 Å². The topological polar surface area (TPSA) is 196 Å². The van der Waals surface area contributed by atoms with E-state index in [-0.39, 0.29) is 69.0 Å². The van der Waals surface area contributed by atoms with Crippen LogP contribution in [0.1, 0.15) is 65.6 Å². The van der Waals surface area contributed by atoms with Crippen LogP contribution in [0.15, 0.2) is 112 Å². The number of nitrogens with one attached hydrogen (secondary N) is 3. The number of para-hydroxylation sites is 1. The van der Waals surface area contributed by atoms with Gasteiger partial charge in [-0.2, -0.15) is 5.10 Å². The number of aromatic carboxylic acids is 1. The summed E-state index contributed by atoms with van der Waals surface area (Å²) in [5.41, 5.74) is 0.927. The van der Waals surface area contributed by atoms with Gasteiger partial charge in [0.25, 0.3) is 5.91 Å². The van der Waals surface area contributed by atoms with Crippen molar-refractivity contribution in [3.63, 3.8) is 0 Å². The maximum absolute atomic E-state index is 14.7. The van der Waals surface area contributed by atoms with Crippen molar-refractivity contribution in [2.75, 3.05) is 23.7 Å². The summed E-state index contributed by atoms with van der Waals surface area (Å²) in [7, 11) is 0. The molecule has 3 heterocycles. The Kier molecular flexibility index (Phi) is 11.4. The number of hydrogen-bond acceptors (Lipinski definition) is 8. The van der Waals surface area contributed by atoms with E-state index in [1.165, 1.54) is 17.0 Å². The van der Waals surface area contributed by atoms with E-state index < -0.39 is 46.6 Å². The molecule has 1 aromatic heterocycles. The van der Waals surface area contributed by atoms with Gasteiger partial charge in [-0.15, -0.1) is 0 Å². The van der Waals surface area contributed by atoms with Crippen molar-refractivity contribution in [1.29, 1.82) is 0 Å². The van der Waals surface area contributed by atoms with Crippen LogP contribution in [-0.2, 0) is 16.8 Å². The number of likely N-dealkylation sites (tertiary alicyclic amines) is 1. The highest BCUT2D eigenvalue weighted by atomic mass is 19.1. The molecule has 3 aliphatic rings. The number of piperidine rings is 1. The summed E-state index contributed by atoms with van der Waals surface area (Å²) in [6.45, 7) is 6.58. The molecule has 1 atom stereocenters. The number of rotatable bonds is 9.